The molecule has 0 atom stereocenters. The Morgan fingerprint density at radius 1 is 1.31 bits per heavy atom. The number of fused-ring (bicyclic) bond motifs is 1. The van der Waals surface area contributed by atoms with E-state index >= 15 is 0 Å². The van der Waals surface area contributed by atoms with Crippen LogP contribution in [-0.4, -0.2) is 37.0 Å². The number of ether oxygens (including phenoxy) is 3. The van der Waals surface area contributed by atoms with Crippen LogP contribution in [0.25, 0.3) is 11.8 Å². The molecule has 0 bridgehead atoms. The Bertz CT molecular complexity index is 969. The molecule has 0 spiro atoms. The molecule has 0 aliphatic carbocycles. The van der Waals surface area contributed by atoms with E-state index in [9.17, 15) is 10.1 Å². The first kappa shape index (κ1) is 20.5. The second-order valence-electron chi connectivity index (χ2n) is 6.68. The first-order valence-corrected chi connectivity index (χ1v) is 9.61. The molecule has 1 aromatic carbocycles. The quantitative estimate of drug-likeness (QED) is 0.421. The zero-order chi connectivity index (χ0) is 20.8. The summed E-state index contributed by atoms with van der Waals surface area (Å²) in [5.41, 5.74) is 3.75. The number of hydrogen-bond acceptors (Lipinski definition) is 5. The molecule has 3 rings (SSSR count). The third kappa shape index (κ3) is 4.61. The Balaban J connectivity index is 1.79. The highest BCUT2D eigenvalue weighted by atomic mass is 16.7. The molecule has 1 aliphatic rings. The Kier molecular flexibility index (Phi) is 6.57. The normalized spacial score (nSPS) is 12.7. The van der Waals surface area contributed by atoms with Crippen LogP contribution in [0.5, 0.6) is 11.5 Å². The standard InChI is InChI=1S/C22H25N3O4/c1-4-27-9-5-8-24-22(26)18(13-23)11-17-10-15(2)25(16(17)3)19-6-7-20-21(12-19)29-14-28-20/h6-7,10-12H,4-5,8-9,14H2,1-3H3,(H,24,26)/b18-11+. The van der Waals surface area contributed by atoms with Gasteiger partial charge in [-0.2, -0.15) is 5.26 Å². The molecular formula is C22H25N3O4. The lowest BCUT2D eigenvalue weighted by Crippen LogP contribution is -2.26. The van der Waals surface area contributed by atoms with Crippen molar-refractivity contribution in [3.8, 4) is 23.3 Å². The number of hydrogen-bond donors (Lipinski definition) is 1. The van der Waals surface area contributed by atoms with E-state index in [4.69, 9.17) is 14.2 Å². The Morgan fingerprint density at radius 3 is 2.86 bits per heavy atom. The molecule has 1 N–H and O–H groups in total. The monoisotopic (exact) mass is 395 g/mol. The van der Waals surface area contributed by atoms with Crippen molar-refractivity contribution in [1.82, 2.24) is 9.88 Å². The Labute approximate surface area is 170 Å². The second kappa shape index (κ2) is 9.30. The van der Waals surface area contributed by atoms with Gasteiger partial charge in [-0.05, 0) is 57.0 Å². The van der Waals surface area contributed by atoms with E-state index in [2.05, 4.69) is 9.88 Å². The molecule has 0 fully saturated rings. The maximum atomic E-state index is 12.3. The highest BCUT2D eigenvalue weighted by Crippen LogP contribution is 2.35. The van der Waals surface area contributed by atoms with Crippen LogP contribution in [-0.2, 0) is 9.53 Å². The van der Waals surface area contributed by atoms with E-state index in [1.165, 1.54) is 0 Å². The second-order valence-corrected chi connectivity index (χ2v) is 6.68. The summed E-state index contributed by atoms with van der Waals surface area (Å²) in [6.07, 6.45) is 2.33. The lowest BCUT2D eigenvalue weighted by atomic mass is 10.1. The Morgan fingerprint density at radius 2 is 2.10 bits per heavy atom. The van der Waals surface area contributed by atoms with Crippen molar-refractivity contribution in [2.45, 2.75) is 27.2 Å². The molecule has 2 heterocycles. The van der Waals surface area contributed by atoms with Gasteiger partial charge in [-0.3, -0.25) is 4.79 Å². The van der Waals surface area contributed by atoms with Crippen LogP contribution in [0.15, 0.2) is 29.8 Å². The maximum Gasteiger partial charge on any atom is 0.261 e. The van der Waals surface area contributed by atoms with Gasteiger partial charge < -0.3 is 24.1 Å². The van der Waals surface area contributed by atoms with Crippen LogP contribution in [0.4, 0.5) is 0 Å². The molecule has 7 nitrogen and oxygen atoms in total. The molecular weight excluding hydrogens is 370 g/mol. The molecule has 1 amide bonds. The van der Waals surface area contributed by atoms with Gasteiger partial charge in [0.05, 0.1) is 0 Å². The molecule has 152 valence electrons. The topological polar surface area (TPSA) is 85.5 Å². The zero-order valence-electron chi connectivity index (χ0n) is 16.9. The fraction of sp³-hybridized carbons (Fsp3) is 0.364. The molecule has 1 aliphatic heterocycles. The largest absolute Gasteiger partial charge is 0.454 e. The van der Waals surface area contributed by atoms with Gasteiger partial charge in [0.1, 0.15) is 11.6 Å². The zero-order valence-corrected chi connectivity index (χ0v) is 16.9. The van der Waals surface area contributed by atoms with Crippen molar-refractivity contribution in [2.75, 3.05) is 26.6 Å². The van der Waals surface area contributed by atoms with Crippen molar-refractivity contribution in [3.63, 3.8) is 0 Å². The van der Waals surface area contributed by atoms with Gasteiger partial charge in [-0.25, -0.2) is 0 Å². The van der Waals surface area contributed by atoms with Crippen LogP contribution in [0.3, 0.4) is 0 Å². The molecule has 0 radical (unpaired) electrons. The van der Waals surface area contributed by atoms with E-state index in [-0.39, 0.29) is 18.3 Å². The summed E-state index contributed by atoms with van der Waals surface area (Å²) < 4.78 is 18.2. The number of aromatic nitrogens is 1. The molecule has 0 unspecified atom stereocenters. The Hall–Kier alpha value is -3.24. The lowest BCUT2D eigenvalue weighted by molar-refractivity contribution is -0.117. The van der Waals surface area contributed by atoms with Gasteiger partial charge in [0, 0.05) is 42.9 Å². The number of nitriles is 1. The number of rotatable bonds is 8. The minimum absolute atomic E-state index is 0.0762. The molecule has 2 aromatic rings. The van der Waals surface area contributed by atoms with E-state index in [1.54, 1.807) is 6.08 Å². The summed E-state index contributed by atoms with van der Waals surface area (Å²) in [6.45, 7) is 7.79. The van der Waals surface area contributed by atoms with Gasteiger partial charge >= 0.3 is 0 Å². The fourth-order valence-electron chi connectivity index (χ4n) is 3.28. The highest BCUT2D eigenvalue weighted by Gasteiger charge is 2.17. The summed E-state index contributed by atoms with van der Waals surface area (Å²) in [5.74, 6) is 1.05. The molecule has 7 heteroatoms. The van der Waals surface area contributed by atoms with Gasteiger partial charge in [-0.1, -0.05) is 0 Å². The number of carbonyl (C=O) groups excluding carboxylic acids is 1. The first-order valence-electron chi connectivity index (χ1n) is 9.61. The minimum atomic E-state index is -0.378. The number of nitrogens with zero attached hydrogens (tertiary/aromatic N) is 2. The summed E-state index contributed by atoms with van der Waals surface area (Å²) in [5, 5.41) is 12.2. The van der Waals surface area contributed by atoms with Crippen molar-refractivity contribution >= 4 is 12.0 Å². The van der Waals surface area contributed by atoms with Crippen molar-refractivity contribution < 1.29 is 19.0 Å². The number of carbonyl (C=O) groups is 1. The average molecular weight is 395 g/mol. The van der Waals surface area contributed by atoms with Crippen molar-refractivity contribution in [1.29, 1.82) is 5.26 Å². The van der Waals surface area contributed by atoms with Crippen LogP contribution >= 0.6 is 0 Å². The first-order chi connectivity index (χ1) is 14.0. The minimum Gasteiger partial charge on any atom is -0.454 e. The van der Waals surface area contributed by atoms with Gasteiger partial charge in [0.15, 0.2) is 11.5 Å². The van der Waals surface area contributed by atoms with E-state index < -0.39 is 0 Å². The van der Waals surface area contributed by atoms with E-state index in [0.29, 0.717) is 31.9 Å². The lowest BCUT2D eigenvalue weighted by Gasteiger charge is -2.10. The summed E-state index contributed by atoms with van der Waals surface area (Å²) >= 11 is 0. The van der Waals surface area contributed by atoms with E-state index in [1.807, 2.05) is 51.1 Å². The summed E-state index contributed by atoms with van der Waals surface area (Å²) in [6, 6.07) is 9.72. The van der Waals surface area contributed by atoms with Crippen molar-refractivity contribution in [2.24, 2.45) is 0 Å². The van der Waals surface area contributed by atoms with Gasteiger partial charge in [0.25, 0.3) is 5.91 Å². The van der Waals surface area contributed by atoms with Crippen LogP contribution in [0.1, 0.15) is 30.3 Å². The summed E-state index contributed by atoms with van der Waals surface area (Å²) in [7, 11) is 0. The third-order valence-electron chi connectivity index (χ3n) is 4.70. The van der Waals surface area contributed by atoms with Crippen molar-refractivity contribution in [3.05, 3.63) is 46.8 Å². The molecule has 29 heavy (non-hydrogen) atoms. The number of benzene rings is 1. The smallest absolute Gasteiger partial charge is 0.261 e. The molecule has 1 aromatic heterocycles. The average Bonchev–Trinajstić information content (AvgIpc) is 3.29. The number of amides is 1. The number of nitrogens with one attached hydrogen (secondary N) is 1. The predicted octanol–water partition coefficient (Wildman–Crippen LogP) is 3.27. The van der Waals surface area contributed by atoms with Gasteiger partial charge in [-0.15, -0.1) is 0 Å². The molecule has 0 saturated carbocycles. The SMILES string of the molecule is CCOCCCNC(=O)/C(C#N)=C/c1cc(C)n(-c2ccc3c(c2)OCO3)c1C. The number of aryl methyl sites for hydroxylation is 1. The van der Waals surface area contributed by atoms with E-state index in [0.717, 1.165) is 28.4 Å². The fourth-order valence-corrected chi connectivity index (χ4v) is 3.28. The van der Waals surface area contributed by atoms with Crippen LogP contribution in [0, 0.1) is 25.2 Å². The maximum absolute atomic E-state index is 12.3. The molecule has 0 saturated heterocycles. The van der Waals surface area contributed by atoms with Crippen LogP contribution < -0.4 is 14.8 Å². The third-order valence-corrected chi connectivity index (χ3v) is 4.70. The van der Waals surface area contributed by atoms with Gasteiger partial charge in [0.2, 0.25) is 6.79 Å². The summed E-state index contributed by atoms with van der Waals surface area (Å²) in [4.78, 5) is 12.3. The highest BCUT2D eigenvalue weighted by molar-refractivity contribution is 6.01. The predicted molar refractivity (Wildman–Crippen MR) is 109 cm³/mol. The van der Waals surface area contributed by atoms with Crippen LogP contribution in [0.2, 0.25) is 0 Å².